The van der Waals surface area contributed by atoms with Gasteiger partial charge in [-0.3, -0.25) is 4.79 Å². The normalized spacial score (nSPS) is 10.4. The molecular weight excluding hydrogens is 435 g/mol. The third-order valence-corrected chi connectivity index (χ3v) is 4.97. The molecule has 1 aromatic heterocycles. The highest BCUT2D eigenvalue weighted by atomic mass is 127. The molecule has 3 rings (SSSR count). The average Bonchev–Trinajstić information content (AvgIpc) is 3.02. The number of carbonyl (C=O) groups excluding carboxylic acids is 1. The second-order valence-electron chi connectivity index (χ2n) is 5.04. The number of hydrogen-bond donors (Lipinski definition) is 1. The van der Waals surface area contributed by atoms with Crippen molar-refractivity contribution in [1.29, 1.82) is 0 Å². The number of carbonyl (C=O) groups is 1. The lowest BCUT2D eigenvalue weighted by molar-refractivity contribution is -0.115. The number of benzene rings is 2. The number of amides is 1. The van der Waals surface area contributed by atoms with Gasteiger partial charge in [-0.25, -0.2) is 4.98 Å². The first-order chi connectivity index (χ1) is 11.7. The number of nitrogens with one attached hydrogen (secondary N) is 1. The Hall–Kier alpha value is -1.93. The Kier molecular flexibility index (Phi) is 5.81. The van der Waals surface area contributed by atoms with Crippen molar-refractivity contribution in [3.8, 4) is 5.75 Å². The molecule has 0 aliphatic carbocycles. The summed E-state index contributed by atoms with van der Waals surface area (Å²) < 4.78 is 6.84. The number of ether oxygens (including phenoxy) is 1. The van der Waals surface area contributed by atoms with Crippen LogP contribution in [0.2, 0.25) is 0 Å². The summed E-state index contributed by atoms with van der Waals surface area (Å²) in [5.74, 6) is 0.773. The van der Waals surface area contributed by atoms with Crippen molar-refractivity contribution in [1.82, 2.24) is 4.98 Å². The van der Waals surface area contributed by atoms with Gasteiger partial charge in [0.05, 0.1) is 15.7 Å². The summed E-state index contributed by atoms with van der Waals surface area (Å²) in [4.78, 5) is 16.5. The first kappa shape index (κ1) is 16.9. The lowest BCUT2D eigenvalue weighted by Gasteiger charge is -2.05. The fraction of sp³-hybridized carbons (Fsp3) is 0.111. The zero-order chi connectivity index (χ0) is 16.8. The van der Waals surface area contributed by atoms with Gasteiger partial charge in [-0.05, 0) is 46.9 Å². The number of halogens is 1. The van der Waals surface area contributed by atoms with Gasteiger partial charge in [-0.1, -0.05) is 30.3 Å². The van der Waals surface area contributed by atoms with Crippen LogP contribution in [0, 0.1) is 3.57 Å². The molecule has 0 radical (unpaired) electrons. The Morgan fingerprint density at radius 2 is 1.88 bits per heavy atom. The van der Waals surface area contributed by atoms with Crippen LogP contribution in [-0.2, 0) is 17.8 Å². The van der Waals surface area contributed by atoms with E-state index in [4.69, 9.17) is 4.74 Å². The Morgan fingerprint density at radius 3 is 2.67 bits per heavy atom. The molecule has 0 bridgehead atoms. The molecule has 3 aromatic rings. The second kappa shape index (κ2) is 8.25. The molecule has 0 saturated heterocycles. The Balaban J connectivity index is 1.54. The topological polar surface area (TPSA) is 51.2 Å². The van der Waals surface area contributed by atoms with Crippen LogP contribution in [0.5, 0.6) is 5.75 Å². The summed E-state index contributed by atoms with van der Waals surface area (Å²) in [5.41, 5.74) is 1.63. The number of para-hydroxylation sites is 2. The van der Waals surface area contributed by atoms with E-state index in [9.17, 15) is 4.79 Å². The van der Waals surface area contributed by atoms with Gasteiger partial charge in [0.25, 0.3) is 0 Å². The number of hydrogen-bond acceptors (Lipinski definition) is 4. The summed E-state index contributed by atoms with van der Waals surface area (Å²) >= 11 is 3.71. The fourth-order valence-corrected chi connectivity index (χ4v) is 3.39. The molecule has 4 nitrogen and oxygen atoms in total. The van der Waals surface area contributed by atoms with E-state index in [0.717, 1.165) is 25.7 Å². The highest BCUT2D eigenvalue weighted by Crippen LogP contribution is 2.21. The fourth-order valence-electron chi connectivity index (χ4n) is 2.07. The molecule has 1 N–H and O–H groups in total. The van der Waals surface area contributed by atoms with Crippen LogP contribution in [0.15, 0.2) is 60.0 Å². The molecular formula is C18H15IN2O2S. The Morgan fingerprint density at radius 1 is 1.12 bits per heavy atom. The molecule has 0 unspecified atom stereocenters. The molecule has 24 heavy (non-hydrogen) atoms. The minimum Gasteiger partial charge on any atom is -0.486 e. The first-order valence-electron chi connectivity index (χ1n) is 7.36. The van der Waals surface area contributed by atoms with Gasteiger partial charge < -0.3 is 10.1 Å². The second-order valence-corrected chi connectivity index (χ2v) is 7.15. The maximum atomic E-state index is 12.0. The number of aromatic nitrogens is 1. The zero-order valence-corrected chi connectivity index (χ0v) is 15.7. The van der Waals surface area contributed by atoms with E-state index in [2.05, 4.69) is 32.9 Å². The average molecular weight is 450 g/mol. The summed E-state index contributed by atoms with van der Waals surface area (Å²) in [6.45, 7) is 0.400. The van der Waals surface area contributed by atoms with Crippen LogP contribution in [-0.4, -0.2) is 10.9 Å². The number of anilines is 1. The molecule has 1 amide bonds. The molecule has 0 fully saturated rings. The van der Waals surface area contributed by atoms with Crippen LogP contribution in [0.25, 0.3) is 0 Å². The minimum atomic E-state index is -0.0689. The number of nitrogens with zero attached hydrogens (tertiary/aromatic N) is 1. The van der Waals surface area contributed by atoms with Gasteiger partial charge >= 0.3 is 0 Å². The van der Waals surface area contributed by atoms with Crippen LogP contribution >= 0.6 is 33.9 Å². The maximum absolute atomic E-state index is 12.0. The van der Waals surface area contributed by atoms with Crippen molar-refractivity contribution in [3.63, 3.8) is 0 Å². The third-order valence-electron chi connectivity index (χ3n) is 3.18. The monoisotopic (exact) mass is 450 g/mol. The van der Waals surface area contributed by atoms with Crippen molar-refractivity contribution < 1.29 is 9.53 Å². The van der Waals surface area contributed by atoms with Gasteiger partial charge in [-0.15, -0.1) is 11.3 Å². The highest BCUT2D eigenvalue weighted by Gasteiger charge is 2.09. The lowest BCUT2D eigenvalue weighted by atomic mass is 10.3. The van der Waals surface area contributed by atoms with E-state index >= 15 is 0 Å². The number of rotatable bonds is 6. The van der Waals surface area contributed by atoms with Crippen molar-refractivity contribution in [2.75, 3.05) is 5.32 Å². The summed E-state index contributed by atoms with van der Waals surface area (Å²) in [6.07, 6.45) is 0.266. The zero-order valence-electron chi connectivity index (χ0n) is 12.7. The minimum absolute atomic E-state index is 0.0689. The predicted molar refractivity (Wildman–Crippen MR) is 104 cm³/mol. The van der Waals surface area contributed by atoms with Crippen molar-refractivity contribution in [2.24, 2.45) is 0 Å². The van der Waals surface area contributed by atoms with Gasteiger partial charge in [0.15, 0.2) is 0 Å². The van der Waals surface area contributed by atoms with Gasteiger partial charge in [0, 0.05) is 11.1 Å². The molecule has 0 aliphatic rings. The summed E-state index contributed by atoms with van der Waals surface area (Å²) in [5, 5.41) is 5.57. The van der Waals surface area contributed by atoms with Gasteiger partial charge in [0.2, 0.25) is 5.91 Å². The highest BCUT2D eigenvalue weighted by molar-refractivity contribution is 14.1. The molecule has 0 saturated carbocycles. The number of thiazole rings is 1. The smallest absolute Gasteiger partial charge is 0.231 e. The van der Waals surface area contributed by atoms with Crippen molar-refractivity contribution >= 4 is 45.5 Å². The van der Waals surface area contributed by atoms with Crippen molar-refractivity contribution in [2.45, 2.75) is 13.0 Å². The SMILES string of the molecule is O=C(Cc1nc(COc2ccccc2I)cs1)Nc1ccccc1. The molecule has 0 aliphatic heterocycles. The molecule has 2 aromatic carbocycles. The van der Waals surface area contributed by atoms with Crippen LogP contribution < -0.4 is 10.1 Å². The molecule has 1 heterocycles. The van der Waals surface area contributed by atoms with E-state index < -0.39 is 0 Å². The van der Waals surface area contributed by atoms with Gasteiger partial charge in [0.1, 0.15) is 17.4 Å². The van der Waals surface area contributed by atoms with Crippen molar-refractivity contribution in [3.05, 3.63) is 74.2 Å². The molecule has 0 spiro atoms. The standard InChI is InChI=1S/C18H15IN2O2S/c19-15-8-4-5-9-16(15)23-11-14-12-24-18(21-14)10-17(22)20-13-6-2-1-3-7-13/h1-9,12H,10-11H2,(H,20,22). The molecule has 0 atom stereocenters. The maximum Gasteiger partial charge on any atom is 0.231 e. The first-order valence-corrected chi connectivity index (χ1v) is 9.32. The Labute approximate surface area is 158 Å². The predicted octanol–water partition coefficient (Wildman–Crippen LogP) is 4.51. The molecule has 6 heteroatoms. The van der Waals surface area contributed by atoms with Crippen LogP contribution in [0.3, 0.4) is 0 Å². The summed E-state index contributed by atoms with van der Waals surface area (Å²) in [6, 6.07) is 17.3. The lowest BCUT2D eigenvalue weighted by Crippen LogP contribution is -2.14. The van der Waals surface area contributed by atoms with Crippen LogP contribution in [0.1, 0.15) is 10.7 Å². The third kappa shape index (κ3) is 4.78. The quantitative estimate of drug-likeness (QED) is 0.563. The van der Waals surface area contributed by atoms with E-state index in [1.807, 2.05) is 60.0 Å². The van der Waals surface area contributed by atoms with E-state index in [1.54, 1.807) is 0 Å². The van der Waals surface area contributed by atoms with E-state index in [0.29, 0.717) is 6.61 Å². The van der Waals surface area contributed by atoms with Crippen LogP contribution in [0.4, 0.5) is 5.69 Å². The molecule has 122 valence electrons. The summed E-state index contributed by atoms with van der Waals surface area (Å²) in [7, 11) is 0. The Bertz CT molecular complexity index is 821. The van der Waals surface area contributed by atoms with Gasteiger partial charge in [-0.2, -0.15) is 0 Å². The van der Waals surface area contributed by atoms with E-state index in [-0.39, 0.29) is 12.3 Å². The largest absolute Gasteiger partial charge is 0.486 e. The van der Waals surface area contributed by atoms with E-state index in [1.165, 1.54) is 11.3 Å².